The third-order valence-corrected chi connectivity index (χ3v) is 3.54. The Morgan fingerprint density at radius 3 is 3.00 bits per heavy atom. The lowest BCUT2D eigenvalue weighted by Crippen LogP contribution is -2.35. The third-order valence-electron chi connectivity index (χ3n) is 2.78. The summed E-state index contributed by atoms with van der Waals surface area (Å²) in [6, 6.07) is 0. The van der Waals surface area contributed by atoms with E-state index in [1.54, 1.807) is 16.3 Å². The number of amides is 1. The lowest BCUT2D eigenvalue weighted by Gasteiger charge is -2.16. The second-order valence-electron chi connectivity index (χ2n) is 4.36. The molecule has 2 aromatic rings. The highest BCUT2D eigenvalue weighted by Gasteiger charge is 2.16. The number of imidazole rings is 1. The topological polar surface area (TPSA) is 86.9 Å². The fraction of sp³-hybridized carbons (Fsp3) is 0.308. The molecule has 21 heavy (non-hydrogen) atoms. The Balaban J connectivity index is 2.33. The molecule has 0 atom stereocenters. The maximum atomic E-state index is 11.7. The van der Waals surface area contributed by atoms with E-state index in [9.17, 15) is 9.59 Å². The van der Waals surface area contributed by atoms with Gasteiger partial charge in [-0.2, -0.15) is 0 Å². The minimum absolute atomic E-state index is 0.107. The number of aliphatic carboxylic acids is 1. The third kappa shape index (κ3) is 3.40. The molecule has 0 fully saturated rings. The second-order valence-corrected chi connectivity index (χ2v) is 5.23. The number of thiazole rings is 1. The zero-order valence-corrected chi connectivity index (χ0v) is 12.6. The Kier molecular flexibility index (Phi) is 4.59. The van der Waals surface area contributed by atoms with Gasteiger partial charge in [-0.1, -0.05) is 0 Å². The van der Waals surface area contributed by atoms with E-state index in [1.807, 2.05) is 18.5 Å². The van der Waals surface area contributed by atoms with Gasteiger partial charge in [-0.3, -0.25) is 9.20 Å². The quantitative estimate of drug-likeness (QED) is 0.779. The summed E-state index contributed by atoms with van der Waals surface area (Å²) in [6.45, 7) is 2.58. The summed E-state index contributed by atoms with van der Waals surface area (Å²) in [5.74, 6) is -0.562. The molecule has 0 bridgehead atoms. The van der Waals surface area contributed by atoms with Crippen LogP contribution in [0.25, 0.3) is 11.0 Å². The fourth-order valence-corrected chi connectivity index (χ4v) is 2.64. The number of carboxylic acid groups (broad SMARTS) is 1. The number of likely N-dealkylation sites (N-methyl/N-ethyl adjacent to an activating group) is 2. The van der Waals surface area contributed by atoms with Crippen molar-refractivity contribution in [3.05, 3.63) is 23.3 Å². The van der Waals surface area contributed by atoms with Gasteiger partial charge in [0.1, 0.15) is 0 Å². The van der Waals surface area contributed by atoms with Crippen LogP contribution in [0.4, 0.5) is 5.82 Å². The summed E-state index contributed by atoms with van der Waals surface area (Å²) in [7, 11) is 1.75. The van der Waals surface area contributed by atoms with E-state index in [0.29, 0.717) is 18.1 Å². The summed E-state index contributed by atoms with van der Waals surface area (Å²) in [5.41, 5.74) is 0.639. The van der Waals surface area contributed by atoms with E-state index in [2.05, 4.69) is 10.3 Å². The Labute approximate surface area is 125 Å². The van der Waals surface area contributed by atoms with Gasteiger partial charge in [0.05, 0.1) is 12.2 Å². The van der Waals surface area contributed by atoms with Gasteiger partial charge in [0.15, 0.2) is 10.8 Å². The monoisotopic (exact) mass is 308 g/mol. The Morgan fingerprint density at radius 2 is 2.33 bits per heavy atom. The van der Waals surface area contributed by atoms with Gasteiger partial charge in [-0.25, -0.2) is 9.78 Å². The zero-order chi connectivity index (χ0) is 15.4. The van der Waals surface area contributed by atoms with E-state index in [4.69, 9.17) is 5.11 Å². The molecule has 0 unspecified atom stereocenters. The minimum Gasteiger partial charge on any atom is -0.478 e. The minimum atomic E-state index is -1.03. The summed E-state index contributed by atoms with van der Waals surface area (Å²) >= 11 is 1.45. The summed E-state index contributed by atoms with van der Waals surface area (Å²) in [6.07, 6.45) is 4.36. The van der Waals surface area contributed by atoms with Crippen LogP contribution < -0.4 is 10.2 Å². The number of rotatable bonds is 6. The molecule has 0 aliphatic carbocycles. The summed E-state index contributed by atoms with van der Waals surface area (Å²) in [4.78, 5) is 29.3. The lowest BCUT2D eigenvalue weighted by molar-refractivity contribution is -0.131. The van der Waals surface area contributed by atoms with Crippen molar-refractivity contribution < 1.29 is 14.7 Å². The lowest BCUT2D eigenvalue weighted by atomic mass is 10.3. The molecule has 2 N–H and O–H groups in total. The molecule has 2 aromatic heterocycles. The average Bonchev–Trinajstić information content (AvgIpc) is 2.96. The first-order valence-electron chi connectivity index (χ1n) is 6.37. The van der Waals surface area contributed by atoms with Crippen LogP contribution in [-0.4, -0.2) is 46.5 Å². The molecule has 0 radical (unpaired) electrons. The number of fused-ring (bicyclic) bond motifs is 1. The van der Waals surface area contributed by atoms with Gasteiger partial charge in [-0.15, -0.1) is 11.3 Å². The van der Waals surface area contributed by atoms with Crippen LogP contribution in [0.5, 0.6) is 0 Å². The molecule has 112 valence electrons. The maximum Gasteiger partial charge on any atom is 0.328 e. The Morgan fingerprint density at radius 1 is 1.57 bits per heavy atom. The van der Waals surface area contributed by atoms with Gasteiger partial charge in [0, 0.05) is 31.2 Å². The van der Waals surface area contributed by atoms with Crippen molar-refractivity contribution in [3.8, 4) is 0 Å². The molecule has 2 heterocycles. The Bertz CT molecular complexity index is 689. The van der Waals surface area contributed by atoms with Gasteiger partial charge in [0.2, 0.25) is 5.91 Å². The first-order chi connectivity index (χ1) is 10.0. The number of hydrogen-bond acceptors (Lipinski definition) is 5. The van der Waals surface area contributed by atoms with Crippen molar-refractivity contribution in [2.75, 3.05) is 25.0 Å². The largest absolute Gasteiger partial charge is 0.478 e. The molecule has 0 saturated carbocycles. The number of carbonyl (C=O) groups is 2. The van der Waals surface area contributed by atoms with Crippen molar-refractivity contribution >= 4 is 40.1 Å². The normalized spacial score (nSPS) is 11.1. The van der Waals surface area contributed by atoms with Crippen LogP contribution in [0, 0.1) is 0 Å². The van der Waals surface area contributed by atoms with Gasteiger partial charge < -0.3 is 15.3 Å². The molecule has 0 saturated heterocycles. The zero-order valence-electron chi connectivity index (χ0n) is 11.7. The number of hydrogen-bond donors (Lipinski definition) is 2. The highest BCUT2D eigenvalue weighted by molar-refractivity contribution is 7.15. The maximum absolute atomic E-state index is 11.7. The fourth-order valence-electron chi connectivity index (χ4n) is 1.92. The van der Waals surface area contributed by atoms with Gasteiger partial charge in [-0.05, 0) is 13.0 Å². The van der Waals surface area contributed by atoms with Crippen LogP contribution in [-0.2, 0) is 9.59 Å². The first-order valence-corrected chi connectivity index (χ1v) is 7.25. The second kappa shape index (κ2) is 6.40. The smallest absolute Gasteiger partial charge is 0.328 e. The molecule has 0 spiro atoms. The van der Waals surface area contributed by atoms with Crippen LogP contribution >= 0.6 is 11.3 Å². The highest BCUT2D eigenvalue weighted by atomic mass is 32.1. The van der Waals surface area contributed by atoms with E-state index >= 15 is 0 Å². The van der Waals surface area contributed by atoms with Crippen molar-refractivity contribution in [2.45, 2.75) is 6.92 Å². The van der Waals surface area contributed by atoms with Crippen molar-refractivity contribution in [1.82, 2.24) is 14.7 Å². The van der Waals surface area contributed by atoms with Gasteiger partial charge >= 0.3 is 5.97 Å². The van der Waals surface area contributed by atoms with Crippen LogP contribution in [0.3, 0.4) is 0 Å². The molecule has 0 aliphatic rings. The van der Waals surface area contributed by atoms with Crippen molar-refractivity contribution in [2.24, 2.45) is 0 Å². The van der Waals surface area contributed by atoms with Crippen molar-refractivity contribution in [3.63, 3.8) is 0 Å². The molecular weight excluding hydrogens is 292 g/mol. The standard InChI is InChI=1S/C13H16N4O3S/c1-3-14-10(18)8-16(2)12-9(4-5-11(19)20)17-6-7-21-13(17)15-12/h4-7H,3,8H2,1-2H3,(H,14,18)(H,19,20). The number of anilines is 1. The molecule has 0 aromatic carbocycles. The number of nitrogens with zero attached hydrogens (tertiary/aromatic N) is 3. The molecule has 2 rings (SSSR count). The van der Waals surface area contributed by atoms with E-state index < -0.39 is 5.97 Å². The first kappa shape index (κ1) is 15.0. The SMILES string of the molecule is CCNC(=O)CN(C)c1nc2sccn2c1C=CC(=O)O. The summed E-state index contributed by atoms with van der Waals surface area (Å²) in [5, 5.41) is 13.4. The van der Waals surface area contributed by atoms with Gasteiger partial charge in [0.25, 0.3) is 0 Å². The Hall–Kier alpha value is -2.35. The molecule has 8 heteroatoms. The van der Waals surface area contributed by atoms with Crippen molar-refractivity contribution in [1.29, 1.82) is 0 Å². The number of aromatic nitrogens is 2. The number of nitrogens with one attached hydrogen (secondary N) is 1. The summed E-state index contributed by atoms with van der Waals surface area (Å²) < 4.78 is 1.80. The predicted octanol–water partition coefficient (Wildman–Crippen LogP) is 1.07. The van der Waals surface area contributed by atoms with Crippen LogP contribution in [0.15, 0.2) is 17.7 Å². The predicted molar refractivity (Wildman–Crippen MR) is 81.7 cm³/mol. The molecule has 1 amide bonds. The number of carboxylic acids is 1. The highest BCUT2D eigenvalue weighted by Crippen LogP contribution is 2.25. The van der Waals surface area contributed by atoms with Crippen LogP contribution in [0.1, 0.15) is 12.6 Å². The molecule has 0 aliphatic heterocycles. The van der Waals surface area contributed by atoms with Crippen LogP contribution in [0.2, 0.25) is 0 Å². The molecular formula is C13H16N4O3S. The van der Waals surface area contributed by atoms with E-state index in [1.165, 1.54) is 17.4 Å². The number of carbonyl (C=O) groups excluding carboxylic acids is 1. The van der Waals surface area contributed by atoms with E-state index in [0.717, 1.165) is 11.0 Å². The van der Waals surface area contributed by atoms with E-state index in [-0.39, 0.29) is 12.5 Å². The average molecular weight is 308 g/mol. The molecule has 7 nitrogen and oxygen atoms in total.